The first-order valence-corrected chi connectivity index (χ1v) is 9.00. The van der Waals surface area contributed by atoms with Crippen molar-refractivity contribution in [3.05, 3.63) is 41.4 Å². The lowest BCUT2D eigenvalue weighted by molar-refractivity contribution is -0.113. The highest BCUT2D eigenvalue weighted by atomic mass is 35.5. The van der Waals surface area contributed by atoms with Crippen LogP contribution in [0.15, 0.2) is 41.3 Å². The van der Waals surface area contributed by atoms with Gasteiger partial charge in [0, 0.05) is 17.0 Å². The Morgan fingerprint density at radius 3 is 2.36 bits per heavy atom. The van der Waals surface area contributed by atoms with E-state index < -0.39 is 0 Å². The fraction of sp³-hybridized carbons (Fsp3) is 0.278. The van der Waals surface area contributed by atoms with Gasteiger partial charge in [-0.2, -0.15) is 0 Å². The van der Waals surface area contributed by atoms with Crippen molar-refractivity contribution < 1.29 is 19.0 Å². The summed E-state index contributed by atoms with van der Waals surface area (Å²) in [6.45, 7) is 2.56. The fourth-order valence-electron chi connectivity index (χ4n) is 2.08. The number of thioether (sulfide) groups is 1. The summed E-state index contributed by atoms with van der Waals surface area (Å²) in [6, 6.07) is 10.9. The van der Waals surface area contributed by atoms with Gasteiger partial charge >= 0.3 is 0 Å². The number of hydrogen-bond acceptors (Lipinski definition) is 5. The molecule has 0 unspecified atom stereocenters. The molecule has 1 N–H and O–H groups in total. The van der Waals surface area contributed by atoms with Crippen LogP contribution in [0.4, 0.5) is 5.69 Å². The van der Waals surface area contributed by atoms with E-state index in [0.29, 0.717) is 28.8 Å². The number of halogens is 1. The van der Waals surface area contributed by atoms with Gasteiger partial charge in [-0.3, -0.25) is 4.79 Å². The van der Waals surface area contributed by atoms with Gasteiger partial charge < -0.3 is 19.5 Å². The summed E-state index contributed by atoms with van der Waals surface area (Å²) in [7, 11) is 3.05. The van der Waals surface area contributed by atoms with Crippen molar-refractivity contribution in [2.24, 2.45) is 0 Å². The van der Waals surface area contributed by atoms with Crippen LogP contribution >= 0.6 is 23.4 Å². The second-order valence-electron chi connectivity index (χ2n) is 4.93. The molecule has 0 heterocycles. The molecule has 0 atom stereocenters. The van der Waals surface area contributed by atoms with Gasteiger partial charge in [-0.25, -0.2) is 0 Å². The van der Waals surface area contributed by atoms with Crippen molar-refractivity contribution in [2.45, 2.75) is 11.8 Å². The van der Waals surface area contributed by atoms with Gasteiger partial charge in [0.2, 0.25) is 5.91 Å². The number of methoxy groups -OCH3 is 2. The van der Waals surface area contributed by atoms with Gasteiger partial charge in [-0.1, -0.05) is 11.6 Å². The van der Waals surface area contributed by atoms with Gasteiger partial charge in [-0.05, 0) is 31.2 Å². The zero-order valence-corrected chi connectivity index (χ0v) is 15.9. The van der Waals surface area contributed by atoms with Gasteiger partial charge in [0.05, 0.1) is 37.3 Å². The Kier molecular flexibility index (Phi) is 7.28. The summed E-state index contributed by atoms with van der Waals surface area (Å²) in [4.78, 5) is 13.2. The summed E-state index contributed by atoms with van der Waals surface area (Å²) in [5, 5.41) is 3.17. The van der Waals surface area contributed by atoms with Gasteiger partial charge in [0.15, 0.2) is 11.5 Å². The molecule has 2 aromatic rings. The van der Waals surface area contributed by atoms with Crippen molar-refractivity contribution in [1.82, 2.24) is 0 Å². The van der Waals surface area contributed by atoms with Crippen molar-refractivity contribution >= 4 is 35.0 Å². The third kappa shape index (κ3) is 5.47. The van der Waals surface area contributed by atoms with E-state index in [0.717, 1.165) is 10.6 Å². The van der Waals surface area contributed by atoms with Crippen LogP contribution < -0.4 is 19.5 Å². The number of benzene rings is 2. The van der Waals surface area contributed by atoms with Crippen molar-refractivity contribution in [2.75, 3.05) is 31.9 Å². The number of carbonyl (C=O) groups is 1. The molecule has 134 valence electrons. The Morgan fingerprint density at radius 1 is 1.12 bits per heavy atom. The van der Waals surface area contributed by atoms with Crippen molar-refractivity contribution in [3.63, 3.8) is 0 Å². The molecular weight excluding hydrogens is 362 g/mol. The van der Waals surface area contributed by atoms with Crippen LogP contribution in [0.2, 0.25) is 5.02 Å². The number of amides is 1. The fourth-order valence-corrected chi connectivity index (χ4v) is 2.98. The summed E-state index contributed by atoms with van der Waals surface area (Å²) in [6.07, 6.45) is 0. The lowest BCUT2D eigenvalue weighted by Gasteiger charge is -2.12. The van der Waals surface area contributed by atoms with Crippen LogP contribution in [-0.2, 0) is 4.79 Å². The van der Waals surface area contributed by atoms with Crippen LogP contribution in [0.25, 0.3) is 0 Å². The Morgan fingerprint density at radius 2 is 1.76 bits per heavy atom. The minimum atomic E-state index is -0.159. The molecule has 0 fully saturated rings. The second-order valence-corrected chi connectivity index (χ2v) is 6.38. The quantitative estimate of drug-likeness (QED) is 0.683. The summed E-state index contributed by atoms with van der Waals surface area (Å²) in [5.74, 6) is 1.93. The smallest absolute Gasteiger partial charge is 0.234 e. The maximum absolute atomic E-state index is 12.2. The third-order valence-corrected chi connectivity index (χ3v) is 4.58. The number of carbonyl (C=O) groups excluding carboxylic acids is 1. The topological polar surface area (TPSA) is 56.8 Å². The molecule has 0 saturated heterocycles. The second kappa shape index (κ2) is 9.44. The zero-order valence-electron chi connectivity index (χ0n) is 14.3. The predicted molar refractivity (Wildman–Crippen MR) is 102 cm³/mol. The van der Waals surface area contributed by atoms with E-state index in [2.05, 4.69) is 5.32 Å². The predicted octanol–water partition coefficient (Wildman–Crippen LogP) is 4.49. The van der Waals surface area contributed by atoms with Crippen LogP contribution in [0, 0.1) is 0 Å². The third-order valence-electron chi connectivity index (χ3n) is 3.25. The standard InChI is InChI=1S/C18H20ClNO4S/c1-4-24-12-5-7-13(8-6-12)25-11-18(21)20-15-10-17(23-3)16(22-2)9-14(15)19/h5-10H,4,11H2,1-3H3,(H,20,21). The number of rotatable bonds is 8. The van der Waals surface area contributed by atoms with E-state index in [4.69, 9.17) is 25.8 Å². The first-order valence-electron chi connectivity index (χ1n) is 7.64. The molecule has 0 aliphatic rings. The zero-order chi connectivity index (χ0) is 18.2. The van der Waals surface area contributed by atoms with E-state index in [1.165, 1.54) is 26.0 Å². The minimum Gasteiger partial charge on any atom is -0.494 e. The van der Waals surface area contributed by atoms with Crippen LogP contribution in [0.5, 0.6) is 17.2 Å². The van der Waals surface area contributed by atoms with Crippen LogP contribution in [-0.4, -0.2) is 32.5 Å². The SMILES string of the molecule is CCOc1ccc(SCC(=O)Nc2cc(OC)c(OC)cc2Cl)cc1. The highest BCUT2D eigenvalue weighted by Crippen LogP contribution is 2.36. The number of nitrogens with one attached hydrogen (secondary N) is 1. The monoisotopic (exact) mass is 381 g/mol. The lowest BCUT2D eigenvalue weighted by Crippen LogP contribution is -2.14. The summed E-state index contributed by atoms with van der Waals surface area (Å²) < 4.78 is 15.8. The molecule has 0 aliphatic heterocycles. The van der Waals surface area contributed by atoms with E-state index in [-0.39, 0.29) is 11.7 Å². The van der Waals surface area contributed by atoms with Gasteiger partial charge in [-0.15, -0.1) is 11.8 Å². The average molecular weight is 382 g/mol. The van der Waals surface area contributed by atoms with Crippen LogP contribution in [0.3, 0.4) is 0 Å². The first-order chi connectivity index (χ1) is 12.1. The molecule has 2 rings (SSSR count). The van der Waals surface area contributed by atoms with E-state index >= 15 is 0 Å². The Bertz CT molecular complexity index is 722. The van der Waals surface area contributed by atoms with Gasteiger partial charge in [0.25, 0.3) is 0 Å². The molecule has 0 aromatic heterocycles. The number of anilines is 1. The molecule has 0 aliphatic carbocycles. The highest BCUT2D eigenvalue weighted by molar-refractivity contribution is 8.00. The maximum Gasteiger partial charge on any atom is 0.234 e. The lowest BCUT2D eigenvalue weighted by atomic mass is 10.2. The maximum atomic E-state index is 12.2. The normalized spacial score (nSPS) is 10.2. The minimum absolute atomic E-state index is 0.159. The molecule has 5 nitrogen and oxygen atoms in total. The van der Waals surface area contributed by atoms with E-state index in [9.17, 15) is 4.79 Å². The van der Waals surface area contributed by atoms with Gasteiger partial charge in [0.1, 0.15) is 5.75 Å². The molecule has 0 spiro atoms. The average Bonchev–Trinajstić information content (AvgIpc) is 2.62. The molecule has 7 heteroatoms. The summed E-state index contributed by atoms with van der Waals surface area (Å²) in [5.41, 5.74) is 0.483. The van der Waals surface area contributed by atoms with Crippen molar-refractivity contribution in [1.29, 1.82) is 0 Å². The Balaban J connectivity index is 1.96. The molecule has 0 bridgehead atoms. The molecule has 1 amide bonds. The number of hydrogen-bond donors (Lipinski definition) is 1. The first kappa shape index (κ1) is 19.3. The molecule has 25 heavy (non-hydrogen) atoms. The number of ether oxygens (including phenoxy) is 3. The highest BCUT2D eigenvalue weighted by Gasteiger charge is 2.12. The van der Waals surface area contributed by atoms with E-state index in [1.54, 1.807) is 12.1 Å². The Labute approximate surface area is 156 Å². The molecule has 2 aromatic carbocycles. The summed E-state index contributed by atoms with van der Waals surface area (Å²) >= 11 is 7.61. The largest absolute Gasteiger partial charge is 0.494 e. The van der Waals surface area contributed by atoms with Crippen molar-refractivity contribution in [3.8, 4) is 17.2 Å². The van der Waals surface area contributed by atoms with Crippen LogP contribution in [0.1, 0.15) is 6.92 Å². The van der Waals surface area contributed by atoms with E-state index in [1.807, 2.05) is 31.2 Å². The molecule has 0 radical (unpaired) electrons. The molecular formula is C18H20ClNO4S. The Hall–Kier alpha value is -2.05. The molecule has 0 saturated carbocycles.